The number of aromatic nitrogens is 2. The standard InChI is InChI=1S/C22H27N5O4S/c1-2-15(27-11-5-6-12-27)14-23-21(28)17-7-3-4-8-18(17)26-32(30,31)16-9-10-19-20(13-16)25-22(29)24-19/h3-4,7-10,13,15,26H,2,5-6,11-12,14H2,1H3,(H,23,28)(H2,24,25,29). The minimum absolute atomic E-state index is 0.0180. The summed E-state index contributed by atoms with van der Waals surface area (Å²) in [5.74, 6) is -0.327. The zero-order valence-corrected chi connectivity index (χ0v) is 18.7. The molecule has 0 radical (unpaired) electrons. The van der Waals surface area contributed by atoms with E-state index in [1.807, 2.05) is 0 Å². The molecule has 0 saturated carbocycles. The number of fused-ring (bicyclic) bond motifs is 1. The Morgan fingerprint density at radius 2 is 1.81 bits per heavy atom. The van der Waals surface area contributed by atoms with Crippen LogP contribution in [0.15, 0.2) is 52.2 Å². The van der Waals surface area contributed by atoms with Gasteiger partial charge in [-0.1, -0.05) is 19.1 Å². The number of hydrogen-bond acceptors (Lipinski definition) is 5. The fourth-order valence-corrected chi connectivity index (χ4v) is 5.20. The second kappa shape index (κ2) is 9.17. The fraction of sp³-hybridized carbons (Fsp3) is 0.364. The summed E-state index contributed by atoms with van der Waals surface area (Å²) in [5, 5.41) is 2.96. The van der Waals surface area contributed by atoms with Crippen molar-refractivity contribution in [2.45, 2.75) is 37.1 Å². The van der Waals surface area contributed by atoms with Gasteiger partial charge in [-0.25, -0.2) is 13.2 Å². The second-order valence-electron chi connectivity index (χ2n) is 7.95. The first-order valence-corrected chi connectivity index (χ1v) is 12.2. The molecule has 0 bridgehead atoms. The summed E-state index contributed by atoms with van der Waals surface area (Å²) in [7, 11) is -3.97. The first kappa shape index (κ1) is 22.1. The Bertz CT molecular complexity index is 1270. The molecule has 4 N–H and O–H groups in total. The van der Waals surface area contributed by atoms with Crippen molar-refractivity contribution in [2.24, 2.45) is 0 Å². The number of anilines is 1. The highest BCUT2D eigenvalue weighted by atomic mass is 32.2. The highest BCUT2D eigenvalue weighted by molar-refractivity contribution is 7.92. The lowest BCUT2D eigenvalue weighted by Crippen LogP contribution is -2.42. The van der Waals surface area contributed by atoms with E-state index in [1.165, 1.54) is 31.0 Å². The van der Waals surface area contributed by atoms with Crippen LogP contribution in [0.2, 0.25) is 0 Å². The molecular formula is C22H27N5O4S. The number of carbonyl (C=O) groups is 1. The third-order valence-corrected chi connectivity index (χ3v) is 7.20. The Kier molecular flexibility index (Phi) is 6.33. The smallest absolute Gasteiger partial charge is 0.323 e. The number of hydrogen-bond donors (Lipinski definition) is 4. The number of nitrogens with zero attached hydrogens (tertiary/aromatic N) is 1. The Labute approximate surface area is 186 Å². The first-order valence-electron chi connectivity index (χ1n) is 10.7. The van der Waals surface area contributed by atoms with E-state index < -0.39 is 15.7 Å². The van der Waals surface area contributed by atoms with Crippen LogP contribution in [0.4, 0.5) is 5.69 Å². The van der Waals surface area contributed by atoms with Crippen molar-refractivity contribution in [3.63, 3.8) is 0 Å². The van der Waals surface area contributed by atoms with Gasteiger partial charge in [-0.05, 0) is 62.7 Å². The molecule has 0 aliphatic carbocycles. The molecular weight excluding hydrogens is 430 g/mol. The molecule has 1 fully saturated rings. The number of H-pyrrole nitrogens is 2. The van der Waals surface area contributed by atoms with Crippen LogP contribution in [0.1, 0.15) is 36.5 Å². The molecule has 9 nitrogen and oxygen atoms in total. The van der Waals surface area contributed by atoms with Crippen molar-refractivity contribution < 1.29 is 13.2 Å². The SMILES string of the molecule is CCC(CNC(=O)c1ccccc1NS(=O)(=O)c1ccc2[nH]c(=O)[nH]c2c1)N1CCCC1. The van der Waals surface area contributed by atoms with Gasteiger partial charge in [0.1, 0.15) is 0 Å². The van der Waals surface area contributed by atoms with Crippen LogP contribution in [-0.4, -0.2) is 54.9 Å². The maximum absolute atomic E-state index is 13.0. The van der Waals surface area contributed by atoms with Gasteiger partial charge in [0.2, 0.25) is 0 Å². The lowest BCUT2D eigenvalue weighted by Gasteiger charge is -2.26. The molecule has 3 aromatic rings. The van der Waals surface area contributed by atoms with Crippen LogP contribution in [-0.2, 0) is 10.0 Å². The van der Waals surface area contributed by atoms with Gasteiger partial charge >= 0.3 is 5.69 Å². The zero-order chi connectivity index (χ0) is 22.7. The maximum atomic E-state index is 13.0. The molecule has 1 atom stereocenters. The van der Waals surface area contributed by atoms with Gasteiger partial charge in [-0.2, -0.15) is 0 Å². The van der Waals surface area contributed by atoms with Crippen LogP contribution in [0.5, 0.6) is 0 Å². The van der Waals surface area contributed by atoms with E-state index in [9.17, 15) is 18.0 Å². The van der Waals surface area contributed by atoms with E-state index in [0.29, 0.717) is 17.6 Å². The van der Waals surface area contributed by atoms with Gasteiger partial charge in [-0.3, -0.25) is 14.4 Å². The lowest BCUT2D eigenvalue weighted by molar-refractivity contribution is 0.0938. The molecule has 1 unspecified atom stereocenters. The monoisotopic (exact) mass is 457 g/mol. The molecule has 32 heavy (non-hydrogen) atoms. The summed E-state index contributed by atoms with van der Waals surface area (Å²) in [4.78, 5) is 31.8. The molecule has 0 spiro atoms. The Balaban J connectivity index is 1.51. The summed E-state index contributed by atoms with van der Waals surface area (Å²) in [5.41, 5.74) is 0.933. The third-order valence-electron chi connectivity index (χ3n) is 5.84. The molecule has 1 aliphatic heterocycles. The van der Waals surface area contributed by atoms with Gasteiger partial charge in [0.05, 0.1) is 27.2 Å². The van der Waals surface area contributed by atoms with Gasteiger partial charge < -0.3 is 15.3 Å². The summed E-state index contributed by atoms with van der Waals surface area (Å²) in [6.07, 6.45) is 3.28. The summed E-state index contributed by atoms with van der Waals surface area (Å²) < 4.78 is 28.4. The molecule has 4 rings (SSSR count). The van der Waals surface area contributed by atoms with Crippen molar-refractivity contribution in [1.29, 1.82) is 0 Å². The Hall–Kier alpha value is -3.11. The van der Waals surface area contributed by atoms with Crippen molar-refractivity contribution in [2.75, 3.05) is 24.4 Å². The second-order valence-corrected chi connectivity index (χ2v) is 9.64. The number of aromatic amines is 2. The number of carbonyl (C=O) groups excluding carboxylic acids is 1. The summed E-state index contributed by atoms with van der Waals surface area (Å²) in [6, 6.07) is 11.1. The normalized spacial score (nSPS) is 15.7. The summed E-state index contributed by atoms with van der Waals surface area (Å²) in [6.45, 7) is 4.70. The minimum Gasteiger partial charge on any atom is -0.350 e. The number of imidazole rings is 1. The van der Waals surface area contributed by atoms with Crippen LogP contribution in [0.3, 0.4) is 0 Å². The lowest BCUT2D eigenvalue weighted by atomic mass is 10.1. The van der Waals surface area contributed by atoms with Crippen molar-refractivity contribution >= 4 is 32.7 Å². The van der Waals surface area contributed by atoms with Crippen LogP contribution < -0.4 is 15.7 Å². The molecule has 10 heteroatoms. The van der Waals surface area contributed by atoms with Crippen molar-refractivity contribution in [3.8, 4) is 0 Å². The van der Waals surface area contributed by atoms with Crippen LogP contribution >= 0.6 is 0 Å². The van der Waals surface area contributed by atoms with E-state index in [2.05, 4.69) is 31.8 Å². The average Bonchev–Trinajstić information content (AvgIpc) is 3.42. The number of nitrogens with one attached hydrogen (secondary N) is 4. The van der Waals surface area contributed by atoms with E-state index >= 15 is 0 Å². The van der Waals surface area contributed by atoms with Crippen LogP contribution in [0.25, 0.3) is 11.0 Å². The molecule has 1 aromatic heterocycles. The highest BCUT2D eigenvalue weighted by Gasteiger charge is 2.23. The van der Waals surface area contributed by atoms with E-state index in [-0.39, 0.29) is 28.1 Å². The molecule has 170 valence electrons. The maximum Gasteiger partial charge on any atom is 0.323 e. The molecule has 1 amide bonds. The fourth-order valence-electron chi connectivity index (χ4n) is 4.10. The van der Waals surface area contributed by atoms with E-state index in [0.717, 1.165) is 19.5 Å². The van der Waals surface area contributed by atoms with Crippen LogP contribution in [0, 0.1) is 0 Å². The number of benzene rings is 2. The molecule has 2 heterocycles. The predicted molar refractivity (Wildman–Crippen MR) is 123 cm³/mol. The topological polar surface area (TPSA) is 127 Å². The highest BCUT2D eigenvalue weighted by Crippen LogP contribution is 2.22. The number of sulfonamides is 1. The Morgan fingerprint density at radius 1 is 1.09 bits per heavy atom. The zero-order valence-electron chi connectivity index (χ0n) is 17.8. The average molecular weight is 458 g/mol. The Morgan fingerprint density at radius 3 is 2.56 bits per heavy atom. The van der Waals surface area contributed by atoms with Gasteiger partial charge in [0.15, 0.2) is 0 Å². The van der Waals surface area contributed by atoms with E-state index in [1.54, 1.807) is 24.3 Å². The van der Waals surface area contributed by atoms with Gasteiger partial charge in [0.25, 0.3) is 15.9 Å². The third kappa shape index (κ3) is 4.71. The minimum atomic E-state index is -3.97. The predicted octanol–water partition coefficient (Wildman–Crippen LogP) is 2.26. The quantitative estimate of drug-likeness (QED) is 0.413. The largest absolute Gasteiger partial charge is 0.350 e. The summed E-state index contributed by atoms with van der Waals surface area (Å²) >= 11 is 0. The number of likely N-dealkylation sites (tertiary alicyclic amines) is 1. The van der Waals surface area contributed by atoms with Gasteiger partial charge in [-0.15, -0.1) is 0 Å². The first-order chi connectivity index (χ1) is 15.4. The van der Waals surface area contributed by atoms with Crippen molar-refractivity contribution in [1.82, 2.24) is 20.2 Å². The molecule has 1 aliphatic rings. The van der Waals surface area contributed by atoms with E-state index in [4.69, 9.17) is 0 Å². The van der Waals surface area contributed by atoms with Gasteiger partial charge in [0, 0.05) is 12.6 Å². The molecule has 1 saturated heterocycles. The number of para-hydroxylation sites is 1. The van der Waals surface area contributed by atoms with Crippen molar-refractivity contribution in [3.05, 3.63) is 58.5 Å². The number of rotatable bonds is 8. The number of amides is 1. The molecule has 2 aromatic carbocycles.